The molecule has 3 heteroatoms. The molecule has 64 valence electrons. The van der Waals surface area contributed by atoms with Gasteiger partial charge in [0.15, 0.2) is 0 Å². The average Bonchev–Trinajstić information content (AvgIpc) is 2.17. The summed E-state index contributed by atoms with van der Waals surface area (Å²) < 4.78 is 13.0. The van der Waals surface area contributed by atoms with Gasteiger partial charge < -0.3 is 0 Å². The van der Waals surface area contributed by atoms with Crippen molar-refractivity contribution in [3.05, 3.63) is 34.6 Å². The fraction of sp³-hybridized carbons (Fsp3) is 0.200. The standard InChI is InChI=1S/C10H7FN2/c1-2-8-7(5-12)3-4-10(11)9(8)6-13/h3-4H,2H2,1H3. The number of nitriles is 2. The molecular formula is C10H7FN2. The summed E-state index contributed by atoms with van der Waals surface area (Å²) in [5.41, 5.74) is 0.854. The van der Waals surface area contributed by atoms with Crippen LogP contribution in [0.15, 0.2) is 12.1 Å². The van der Waals surface area contributed by atoms with Gasteiger partial charge in [0.2, 0.25) is 0 Å². The Bertz CT molecular complexity index is 410. The third-order valence-corrected chi connectivity index (χ3v) is 1.85. The summed E-state index contributed by atoms with van der Waals surface area (Å²) in [7, 11) is 0. The van der Waals surface area contributed by atoms with Crippen LogP contribution in [0.3, 0.4) is 0 Å². The molecule has 0 saturated heterocycles. The van der Waals surface area contributed by atoms with Gasteiger partial charge in [-0.3, -0.25) is 0 Å². The topological polar surface area (TPSA) is 47.6 Å². The van der Waals surface area contributed by atoms with E-state index in [2.05, 4.69) is 0 Å². The fourth-order valence-corrected chi connectivity index (χ4v) is 1.21. The lowest BCUT2D eigenvalue weighted by Crippen LogP contribution is -1.96. The lowest BCUT2D eigenvalue weighted by Gasteiger charge is -2.03. The maximum atomic E-state index is 13.0. The van der Waals surface area contributed by atoms with Gasteiger partial charge in [0.25, 0.3) is 0 Å². The highest BCUT2D eigenvalue weighted by Crippen LogP contribution is 2.17. The molecule has 0 aliphatic rings. The zero-order valence-corrected chi connectivity index (χ0v) is 7.13. The molecule has 0 amide bonds. The summed E-state index contributed by atoms with van der Waals surface area (Å²) in [4.78, 5) is 0. The monoisotopic (exact) mass is 174 g/mol. The summed E-state index contributed by atoms with van der Waals surface area (Å²) in [6.45, 7) is 1.79. The van der Waals surface area contributed by atoms with Crippen molar-refractivity contribution in [3.8, 4) is 12.1 Å². The van der Waals surface area contributed by atoms with Crippen LogP contribution in [-0.2, 0) is 6.42 Å². The summed E-state index contributed by atoms with van der Waals surface area (Å²) >= 11 is 0. The Labute approximate surface area is 75.8 Å². The zero-order valence-electron chi connectivity index (χ0n) is 7.13. The molecule has 0 spiro atoms. The molecule has 1 rings (SSSR count). The number of nitrogens with zero attached hydrogens (tertiary/aromatic N) is 2. The highest BCUT2D eigenvalue weighted by Gasteiger charge is 2.10. The fourth-order valence-electron chi connectivity index (χ4n) is 1.21. The van der Waals surface area contributed by atoms with E-state index in [0.29, 0.717) is 17.5 Å². The van der Waals surface area contributed by atoms with Crippen molar-refractivity contribution in [1.82, 2.24) is 0 Å². The second-order valence-corrected chi connectivity index (χ2v) is 2.53. The molecule has 0 fully saturated rings. The molecule has 0 aliphatic heterocycles. The second-order valence-electron chi connectivity index (χ2n) is 2.53. The van der Waals surface area contributed by atoms with Crippen LogP contribution in [0.4, 0.5) is 4.39 Å². The molecular weight excluding hydrogens is 167 g/mol. The number of halogens is 1. The van der Waals surface area contributed by atoms with Crippen LogP contribution in [0.2, 0.25) is 0 Å². The molecule has 0 atom stereocenters. The van der Waals surface area contributed by atoms with Crippen LogP contribution in [0, 0.1) is 28.5 Å². The van der Waals surface area contributed by atoms with Gasteiger partial charge in [-0.15, -0.1) is 0 Å². The van der Waals surface area contributed by atoms with E-state index >= 15 is 0 Å². The molecule has 0 radical (unpaired) electrons. The third-order valence-electron chi connectivity index (χ3n) is 1.85. The van der Waals surface area contributed by atoms with Crippen LogP contribution in [0.25, 0.3) is 0 Å². The minimum absolute atomic E-state index is 0.0125. The predicted molar refractivity (Wildman–Crippen MR) is 45.2 cm³/mol. The van der Waals surface area contributed by atoms with E-state index in [1.165, 1.54) is 6.07 Å². The third kappa shape index (κ3) is 1.50. The normalized spacial score (nSPS) is 8.92. The quantitative estimate of drug-likeness (QED) is 0.654. The number of hydrogen-bond donors (Lipinski definition) is 0. The summed E-state index contributed by atoms with van der Waals surface area (Å²) in [5.74, 6) is -0.557. The molecule has 1 aromatic rings. The second kappa shape index (κ2) is 3.69. The largest absolute Gasteiger partial charge is 0.206 e. The van der Waals surface area contributed by atoms with E-state index in [1.807, 2.05) is 6.07 Å². The molecule has 0 N–H and O–H groups in total. The summed E-state index contributed by atoms with van der Waals surface area (Å²) in [6.07, 6.45) is 0.490. The van der Waals surface area contributed by atoms with Gasteiger partial charge in [0.05, 0.1) is 17.2 Å². The van der Waals surface area contributed by atoms with Gasteiger partial charge in [-0.25, -0.2) is 4.39 Å². The number of hydrogen-bond acceptors (Lipinski definition) is 2. The van der Waals surface area contributed by atoms with E-state index in [4.69, 9.17) is 10.5 Å². The molecule has 0 heterocycles. The van der Waals surface area contributed by atoms with Crippen LogP contribution in [0.5, 0.6) is 0 Å². The molecule has 0 aliphatic carbocycles. The molecule has 0 unspecified atom stereocenters. The first-order chi connectivity index (χ1) is 6.24. The highest BCUT2D eigenvalue weighted by molar-refractivity contribution is 5.48. The van der Waals surface area contributed by atoms with Gasteiger partial charge in [-0.05, 0) is 24.1 Å². The molecule has 0 aromatic heterocycles. The van der Waals surface area contributed by atoms with E-state index in [1.54, 1.807) is 13.0 Å². The minimum Gasteiger partial charge on any atom is -0.206 e. The van der Waals surface area contributed by atoms with Gasteiger partial charge in [0.1, 0.15) is 11.9 Å². The molecule has 0 saturated carbocycles. The van der Waals surface area contributed by atoms with E-state index in [-0.39, 0.29) is 5.56 Å². The average molecular weight is 174 g/mol. The summed E-state index contributed by atoms with van der Waals surface area (Å²) in [6, 6.07) is 6.24. The Kier molecular flexibility index (Phi) is 2.62. The van der Waals surface area contributed by atoms with E-state index in [9.17, 15) is 4.39 Å². The summed E-state index contributed by atoms with van der Waals surface area (Å²) in [5, 5.41) is 17.3. The zero-order chi connectivity index (χ0) is 9.84. The van der Waals surface area contributed by atoms with Crippen molar-refractivity contribution in [2.75, 3.05) is 0 Å². The van der Waals surface area contributed by atoms with Crippen LogP contribution in [0.1, 0.15) is 23.6 Å². The van der Waals surface area contributed by atoms with E-state index in [0.717, 1.165) is 6.07 Å². The Balaban J connectivity index is 3.50. The van der Waals surface area contributed by atoms with E-state index < -0.39 is 5.82 Å². The smallest absolute Gasteiger partial charge is 0.141 e. The first kappa shape index (κ1) is 9.22. The molecule has 2 nitrogen and oxygen atoms in total. The van der Waals surface area contributed by atoms with Gasteiger partial charge >= 0.3 is 0 Å². The SMILES string of the molecule is CCc1c(C#N)ccc(F)c1C#N. The Hall–Kier alpha value is -1.87. The number of rotatable bonds is 1. The maximum absolute atomic E-state index is 13.0. The maximum Gasteiger partial charge on any atom is 0.141 e. The van der Waals surface area contributed by atoms with Crippen molar-refractivity contribution < 1.29 is 4.39 Å². The van der Waals surface area contributed by atoms with Crippen LogP contribution in [-0.4, -0.2) is 0 Å². The molecule has 13 heavy (non-hydrogen) atoms. The highest BCUT2D eigenvalue weighted by atomic mass is 19.1. The van der Waals surface area contributed by atoms with Crippen molar-refractivity contribution in [1.29, 1.82) is 10.5 Å². The Morgan fingerprint density at radius 1 is 1.31 bits per heavy atom. The minimum atomic E-state index is -0.557. The van der Waals surface area contributed by atoms with Crippen molar-refractivity contribution in [2.45, 2.75) is 13.3 Å². The van der Waals surface area contributed by atoms with Gasteiger partial charge in [-0.1, -0.05) is 6.92 Å². The van der Waals surface area contributed by atoms with Crippen LogP contribution >= 0.6 is 0 Å². The predicted octanol–water partition coefficient (Wildman–Crippen LogP) is 2.13. The molecule has 0 bridgehead atoms. The molecule has 1 aromatic carbocycles. The van der Waals surface area contributed by atoms with Crippen molar-refractivity contribution in [3.63, 3.8) is 0 Å². The van der Waals surface area contributed by atoms with Gasteiger partial charge in [-0.2, -0.15) is 10.5 Å². The lowest BCUT2D eigenvalue weighted by atomic mass is 10.00. The Morgan fingerprint density at radius 2 is 2.00 bits per heavy atom. The number of benzene rings is 1. The van der Waals surface area contributed by atoms with Crippen molar-refractivity contribution in [2.24, 2.45) is 0 Å². The van der Waals surface area contributed by atoms with Crippen molar-refractivity contribution >= 4 is 0 Å². The first-order valence-corrected chi connectivity index (χ1v) is 3.86. The Morgan fingerprint density at radius 3 is 2.46 bits per heavy atom. The van der Waals surface area contributed by atoms with Crippen LogP contribution < -0.4 is 0 Å². The first-order valence-electron chi connectivity index (χ1n) is 3.86. The lowest BCUT2D eigenvalue weighted by molar-refractivity contribution is 0.621. The van der Waals surface area contributed by atoms with Gasteiger partial charge in [0, 0.05) is 0 Å².